The van der Waals surface area contributed by atoms with Gasteiger partial charge in [-0.25, -0.2) is 4.79 Å². The normalized spacial score (nSPS) is 10.9. The maximum atomic E-state index is 11.1. The Labute approximate surface area is 98.3 Å². The van der Waals surface area contributed by atoms with Gasteiger partial charge in [-0.05, 0) is 29.8 Å². The van der Waals surface area contributed by atoms with Crippen molar-refractivity contribution >= 4 is 23.3 Å². The lowest BCUT2D eigenvalue weighted by Gasteiger charge is -2.05. The summed E-state index contributed by atoms with van der Waals surface area (Å²) < 4.78 is 5.21. The predicted octanol–water partition coefficient (Wildman–Crippen LogP) is 2.46. The number of furan rings is 1. The van der Waals surface area contributed by atoms with E-state index in [1.54, 1.807) is 20.4 Å². The van der Waals surface area contributed by atoms with Crippen LogP contribution < -0.4 is 0 Å². The molecule has 0 radical (unpaired) electrons. The lowest BCUT2D eigenvalue weighted by molar-refractivity contribution is 0.123. The van der Waals surface area contributed by atoms with E-state index in [0.29, 0.717) is 0 Å². The Morgan fingerprint density at radius 1 is 1.41 bits per heavy atom. The maximum Gasteiger partial charge on any atom is 0.435 e. The van der Waals surface area contributed by atoms with E-state index in [9.17, 15) is 4.79 Å². The van der Waals surface area contributed by atoms with Crippen LogP contribution in [0, 0.1) is 0 Å². The molecule has 1 amide bonds. The van der Waals surface area contributed by atoms with Gasteiger partial charge < -0.3 is 9.32 Å². The van der Waals surface area contributed by atoms with Crippen molar-refractivity contribution in [2.45, 2.75) is 0 Å². The molecule has 17 heavy (non-hydrogen) atoms. The van der Waals surface area contributed by atoms with E-state index in [2.05, 4.69) is 9.99 Å². The SMILES string of the molecule is CN(C)C(=O)ON=Cc1ccc2occc2c1. The van der Waals surface area contributed by atoms with E-state index < -0.39 is 6.09 Å². The number of fused-ring (bicyclic) bond motifs is 1. The Hall–Kier alpha value is -2.30. The summed E-state index contributed by atoms with van der Waals surface area (Å²) >= 11 is 0. The second-order valence-corrected chi connectivity index (χ2v) is 3.70. The summed E-state index contributed by atoms with van der Waals surface area (Å²) in [7, 11) is 3.19. The molecule has 0 fully saturated rings. The van der Waals surface area contributed by atoms with Gasteiger partial charge >= 0.3 is 6.09 Å². The zero-order valence-electron chi connectivity index (χ0n) is 9.58. The van der Waals surface area contributed by atoms with Crippen molar-refractivity contribution in [3.8, 4) is 0 Å². The first-order chi connectivity index (χ1) is 8.16. The molecule has 0 saturated carbocycles. The van der Waals surface area contributed by atoms with Crippen LogP contribution in [-0.2, 0) is 4.84 Å². The fourth-order valence-corrected chi connectivity index (χ4v) is 1.28. The number of rotatable bonds is 2. The first kappa shape index (κ1) is 11.2. The van der Waals surface area contributed by atoms with Gasteiger partial charge in [-0.2, -0.15) is 0 Å². The van der Waals surface area contributed by atoms with Gasteiger partial charge in [0, 0.05) is 19.5 Å². The number of carbonyl (C=O) groups excluding carboxylic acids is 1. The molecule has 88 valence electrons. The highest BCUT2D eigenvalue weighted by atomic mass is 16.7. The summed E-state index contributed by atoms with van der Waals surface area (Å²) in [5.41, 5.74) is 1.65. The molecular formula is C12H12N2O3. The van der Waals surface area contributed by atoms with E-state index in [1.807, 2.05) is 24.3 Å². The van der Waals surface area contributed by atoms with E-state index in [1.165, 1.54) is 11.1 Å². The number of amides is 1. The van der Waals surface area contributed by atoms with Crippen molar-refractivity contribution in [3.63, 3.8) is 0 Å². The third-order valence-electron chi connectivity index (χ3n) is 2.17. The summed E-state index contributed by atoms with van der Waals surface area (Å²) in [6, 6.07) is 7.42. The molecule has 0 aliphatic heterocycles. The fraction of sp³-hybridized carbons (Fsp3) is 0.167. The molecule has 0 bridgehead atoms. The van der Waals surface area contributed by atoms with Crippen molar-refractivity contribution < 1.29 is 14.0 Å². The molecule has 1 heterocycles. The van der Waals surface area contributed by atoms with Gasteiger partial charge in [0.2, 0.25) is 0 Å². The Morgan fingerprint density at radius 2 is 2.24 bits per heavy atom. The molecule has 0 aliphatic rings. The molecule has 5 nitrogen and oxygen atoms in total. The minimum Gasteiger partial charge on any atom is -0.464 e. The standard InChI is InChI=1S/C12H12N2O3/c1-14(2)12(15)17-13-8-9-3-4-11-10(7-9)5-6-16-11/h3-8H,1-2H3. The van der Waals surface area contributed by atoms with Crippen LogP contribution in [-0.4, -0.2) is 31.3 Å². The van der Waals surface area contributed by atoms with E-state index in [4.69, 9.17) is 4.42 Å². The van der Waals surface area contributed by atoms with E-state index in [-0.39, 0.29) is 0 Å². The maximum absolute atomic E-state index is 11.1. The molecule has 5 heteroatoms. The second-order valence-electron chi connectivity index (χ2n) is 3.70. The number of benzene rings is 1. The first-order valence-electron chi connectivity index (χ1n) is 5.06. The summed E-state index contributed by atoms with van der Waals surface area (Å²) in [6.07, 6.45) is 2.59. The highest BCUT2D eigenvalue weighted by Crippen LogP contribution is 2.15. The van der Waals surface area contributed by atoms with Crippen molar-refractivity contribution in [2.24, 2.45) is 5.16 Å². The number of hydrogen-bond acceptors (Lipinski definition) is 4. The molecule has 1 aromatic carbocycles. The van der Waals surface area contributed by atoms with Crippen molar-refractivity contribution in [3.05, 3.63) is 36.1 Å². The molecular weight excluding hydrogens is 220 g/mol. The van der Waals surface area contributed by atoms with Crippen molar-refractivity contribution in [2.75, 3.05) is 14.1 Å². The summed E-state index contributed by atoms with van der Waals surface area (Å²) in [6.45, 7) is 0. The molecule has 1 aromatic heterocycles. The number of hydrogen-bond donors (Lipinski definition) is 0. The summed E-state index contributed by atoms with van der Waals surface area (Å²) in [5, 5.41) is 4.59. The average Bonchev–Trinajstić information content (AvgIpc) is 2.75. The highest BCUT2D eigenvalue weighted by molar-refractivity contribution is 5.88. The predicted molar refractivity (Wildman–Crippen MR) is 64.0 cm³/mol. The Morgan fingerprint density at radius 3 is 3.00 bits per heavy atom. The molecule has 0 N–H and O–H groups in total. The fourth-order valence-electron chi connectivity index (χ4n) is 1.28. The van der Waals surface area contributed by atoms with Gasteiger partial charge in [0.25, 0.3) is 0 Å². The van der Waals surface area contributed by atoms with Crippen LogP contribution in [0.3, 0.4) is 0 Å². The van der Waals surface area contributed by atoms with Crippen LogP contribution in [0.5, 0.6) is 0 Å². The van der Waals surface area contributed by atoms with E-state index in [0.717, 1.165) is 16.5 Å². The largest absolute Gasteiger partial charge is 0.464 e. The molecule has 0 unspecified atom stereocenters. The van der Waals surface area contributed by atoms with Crippen LogP contribution in [0.4, 0.5) is 4.79 Å². The molecule has 2 aromatic rings. The smallest absolute Gasteiger partial charge is 0.435 e. The average molecular weight is 232 g/mol. The number of carbonyl (C=O) groups is 1. The van der Waals surface area contributed by atoms with Gasteiger partial charge in [0.05, 0.1) is 12.5 Å². The lowest BCUT2D eigenvalue weighted by Crippen LogP contribution is -2.20. The summed E-state index contributed by atoms with van der Waals surface area (Å²) in [5.74, 6) is 0. The lowest BCUT2D eigenvalue weighted by atomic mass is 10.2. The Bertz CT molecular complexity index is 558. The molecule has 0 aliphatic carbocycles. The Kier molecular flexibility index (Phi) is 3.09. The third kappa shape index (κ3) is 2.63. The Balaban J connectivity index is 2.07. The third-order valence-corrected chi connectivity index (χ3v) is 2.17. The first-order valence-corrected chi connectivity index (χ1v) is 5.06. The van der Waals surface area contributed by atoms with Crippen molar-refractivity contribution in [1.29, 1.82) is 0 Å². The molecule has 2 rings (SSSR count). The van der Waals surface area contributed by atoms with Crippen LogP contribution in [0.1, 0.15) is 5.56 Å². The molecule has 0 atom stereocenters. The number of oxime groups is 1. The van der Waals surface area contributed by atoms with E-state index >= 15 is 0 Å². The minimum absolute atomic E-state index is 0.509. The minimum atomic E-state index is -0.509. The number of nitrogens with zero attached hydrogens (tertiary/aromatic N) is 2. The zero-order valence-corrected chi connectivity index (χ0v) is 9.58. The molecule has 0 saturated heterocycles. The van der Waals surface area contributed by atoms with Crippen LogP contribution in [0.25, 0.3) is 11.0 Å². The van der Waals surface area contributed by atoms with Gasteiger partial charge in [0.1, 0.15) is 5.58 Å². The topological polar surface area (TPSA) is 55.0 Å². The highest BCUT2D eigenvalue weighted by Gasteiger charge is 2.02. The van der Waals surface area contributed by atoms with Crippen molar-refractivity contribution in [1.82, 2.24) is 4.90 Å². The molecule has 0 spiro atoms. The summed E-state index contributed by atoms with van der Waals surface area (Å²) in [4.78, 5) is 17.0. The van der Waals surface area contributed by atoms with Gasteiger partial charge in [-0.3, -0.25) is 4.84 Å². The van der Waals surface area contributed by atoms with Crippen LogP contribution >= 0.6 is 0 Å². The monoisotopic (exact) mass is 232 g/mol. The second kappa shape index (κ2) is 4.69. The van der Waals surface area contributed by atoms with Crippen LogP contribution in [0.2, 0.25) is 0 Å². The quantitative estimate of drug-likeness (QED) is 0.454. The van der Waals surface area contributed by atoms with Gasteiger partial charge in [-0.15, -0.1) is 0 Å². The van der Waals surface area contributed by atoms with Gasteiger partial charge in [0.15, 0.2) is 0 Å². The zero-order chi connectivity index (χ0) is 12.3. The van der Waals surface area contributed by atoms with Crippen LogP contribution in [0.15, 0.2) is 40.1 Å². The van der Waals surface area contributed by atoms with Gasteiger partial charge in [-0.1, -0.05) is 5.16 Å².